The monoisotopic (exact) mass is 355 g/mol. The van der Waals surface area contributed by atoms with Gasteiger partial charge in [-0.1, -0.05) is 55.0 Å². The Morgan fingerprint density at radius 2 is 1.86 bits per heavy atom. The van der Waals surface area contributed by atoms with Crippen LogP contribution in [0.15, 0.2) is 22.7 Å². The van der Waals surface area contributed by atoms with Crippen LogP contribution in [0.5, 0.6) is 0 Å². The summed E-state index contributed by atoms with van der Waals surface area (Å²) in [4.78, 5) is 14.0. The maximum absolute atomic E-state index is 11.8. The van der Waals surface area contributed by atoms with Crippen molar-refractivity contribution in [2.75, 3.05) is 25.6 Å². The second-order valence-corrected chi connectivity index (χ2v) is 6.26. The highest BCUT2D eigenvalue weighted by molar-refractivity contribution is 9.10. The highest BCUT2D eigenvalue weighted by Gasteiger charge is 2.15. The van der Waals surface area contributed by atoms with Crippen molar-refractivity contribution in [2.45, 2.75) is 45.4 Å². The molecular weight excluding hydrogens is 330 g/mol. The lowest BCUT2D eigenvalue weighted by molar-refractivity contribution is 0.0601. The average Bonchev–Trinajstić information content (AvgIpc) is 2.49. The van der Waals surface area contributed by atoms with Gasteiger partial charge < -0.3 is 9.64 Å². The summed E-state index contributed by atoms with van der Waals surface area (Å²) in [5, 5.41) is 0. The van der Waals surface area contributed by atoms with Gasteiger partial charge in [-0.2, -0.15) is 0 Å². The number of nitrogens with zero attached hydrogens (tertiary/aromatic N) is 1. The summed E-state index contributed by atoms with van der Waals surface area (Å²) in [6.45, 7) is 3.18. The Kier molecular flexibility index (Phi) is 8.43. The fourth-order valence-electron chi connectivity index (χ4n) is 2.35. The molecule has 0 aliphatic carbocycles. The second kappa shape index (κ2) is 9.82. The highest BCUT2D eigenvalue weighted by Crippen LogP contribution is 2.25. The van der Waals surface area contributed by atoms with Crippen LogP contribution in [0.2, 0.25) is 0 Å². The van der Waals surface area contributed by atoms with Crippen molar-refractivity contribution in [3.63, 3.8) is 0 Å². The number of benzene rings is 1. The summed E-state index contributed by atoms with van der Waals surface area (Å²) in [6, 6.07) is 5.65. The Bertz CT molecular complexity index is 448. The van der Waals surface area contributed by atoms with Crippen LogP contribution in [0.4, 0.5) is 5.69 Å². The van der Waals surface area contributed by atoms with Gasteiger partial charge in [0.2, 0.25) is 0 Å². The largest absolute Gasteiger partial charge is 0.465 e. The molecule has 0 heterocycles. The minimum Gasteiger partial charge on any atom is -0.465 e. The molecular formula is C17H26BrNO2. The molecule has 21 heavy (non-hydrogen) atoms. The molecule has 4 heteroatoms. The number of rotatable bonds is 9. The van der Waals surface area contributed by atoms with Gasteiger partial charge in [-0.25, -0.2) is 4.79 Å². The van der Waals surface area contributed by atoms with Crippen LogP contribution in [0.1, 0.15) is 55.8 Å². The van der Waals surface area contributed by atoms with Crippen LogP contribution in [-0.2, 0) is 4.74 Å². The summed E-state index contributed by atoms with van der Waals surface area (Å²) in [7, 11) is 3.45. The van der Waals surface area contributed by atoms with Crippen LogP contribution in [0.3, 0.4) is 0 Å². The Balaban J connectivity index is 2.58. The number of hydrogen-bond donors (Lipinski definition) is 0. The predicted molar refractivity (Wildman–Crippen MR) is 92.1 cm³/mol. The zero-order chi connectivity index (χ0) is 15.7. The molecule has 0 saturated carbocycles. The molecule has 0 amide bonds. The lowest BCUT2D eigenvalue weighted by Crippen LogP contribution is -2.21. The highest BCUT2D eigenvalue weighted by atomic mass is 79.9. The van der Waals surface area contributed by atoms with Gasteiger partial charge in [0.15, 0.2) is 0 Å². The van der Waals surface area contributed by atoms with E-state index in [0.29, 0.717) is 5.56 Å². The first-order valence-corrected chi connectivity index (χ1v) is 8.48. The van der Waals surface area contributed by atoms with Crippen LogP contribution in [0, 0.1) is 0 Å². The summed E-state index contributed by atoms with van der Waals surface area (Å²) in [6.07, 6.45) is 7.61. The Hall–Kier alpha value is -1.03. The third-order valence-corrected chi connectivity index (χ3v) is 4.12. The van der Waals surface area contributed by atoms with E-state index in [1.165, 1.54) is 39.2 Å². The van der Waals surface area contributed by atoms with Crippen molar-refractivity contribution in [1.29, 1.82) is 0 Å². The average molecular weight is 356 g/mol. The molecule has 1 aromatic rings. The maximum Gasteiger partial charge on any atom is 0.339 e. The molecule has 0 unspecified atom stereocenters. The molecule has 0 aliphatic rings. The van der Waals surface area contributed by atoms with Gasteiger partial charge in [-0.3, -0.25) is 0 Å². The summed E-state index contributed by atoms with van der Waals surface area (Å²) < 4.78 is 5.83. The van der Waals surface area contributed by atoms with Crippen molar-refractivity contribution in [3.05, 3.63) is 28.2 Å². The predicted octanol–water partition coefficient (Wildman–Crippen LogP) is 5.03. The number of methoxy groups -OCH3 is 1. The number of anilines is 1. The van der Waals surface area contributed by atoms with E-state index in [1.54, 1.807) is 0 Å². The van der Waals surface area contributed by atoms with E-state index in [4.69, 9.17) is 4.74 Å². The first-order chi connectivity index (χ1) is 10.1. The minimum absolute atomic E-state index is 0.285. The van der Waals surface area contributed by atoms with E-state index in [-0.39, 0.29) is 5.97 Å². The number of carbonyl (C=O) groups excluding carboxylic acids is 1. The van der Waals surface area contributed by atoms with Gasteiger partial charge in [0, 0.05) is 18.1 Å². The van der Waals surface area contributed by atoms with E-state index in [0.717, 1.165) is 23.1 Å². The number of carbonyl (C=O) groups is 1. The molecule has 0 bridgehead atoms. The number of halogens is 1. The van der Waals surface area contributed by atoms with Gasteiger partial charge >= 0.3 is 5.97 Å². The van der Waals surface area contributed by atoms with Crippen LogP contribution in [0.25, 0.3) is 0 Å². The third-order valence-electron chi connectivity index (χ3n) is 3.62. The van der Waals surface area contributed by atoms with Crippen molar-refractivity contribution in [3.8, 4) is 0 Å². The minimum atomic E-state index is -0.285. The Labute approximate surface area is 136 Å². The zero-order valence-electron chi connectivity index (χ0n) is 13.3. The van der Waals surface area contributed by atoms with Crippen molar-refractivity contribution >= 4 is 27.6 Å². The molecule has 0 saturated heterocycles. The SMILES string of the molecule is CCCCCCCCN(C)c1cc(Br)ccc1C(=O)OC. The van der Waals surface area contributed by atoms with Crippen molar-refractivity contribution < 1.29 is 9.53 Å². The van der Waals surface area contributed by atoms with Crippen LogP contribution >= 0.6 is 15.9 Å². The molecule has 1 rings (SSSR count). The second-order valence-electron chi connectivity index (χ2n) is 5.34. The van der Waals surface area contributed by atoms with Crippen molar-refractivity contribution in [1.82, 2.24) is 0 Å². The van der Waals surface area contributed by atoms with Gasteiger partial charge in [0.1, 0.15) is 0 Å². The first-order valence-electron chi connectivity index (χ1n) is 7.69. The van der Waals surface area contributed by atoms with Crippen LogP contribution < -0.4 is 4.90 Å². The molecule has 0 fully saturated rings. The van der Waals surface area contributed by atoms with Crippen molar-refractivity contribution in [2.24, 2.45) is 0 Å². The molecule has 0 spiro atoms. The van der Waals surface area contributed by atoms with Gasteiger partial charge in [-0.05, 0) is 24.6 Å². The van der Waals surface area contributed by atoms with Gasteiger partial charge in [0.25, 0.3) is 0 Å². The fourth-order valence-corrected chi connectivity index (χ4v) is 2.70. The number of hydrogen-bond acceptors (Lipinski definition) is 3. The smallest absolute Gasteiger partial charge is 0.339 e. The van der Waals surface area contributed by atoms with E-state index in [1.807, 2.05) is 25.2 Å². The number of esters is 1. The standard InChI is InChI=1S/C17H26BrNO2/c1-4-5-6-7-8-9-12-19(2)16-13-14(18)10-11-15(16)17(20)21-3/h10-11,13H,4-9,12H2,1-3H3. The third kappa shape index (κ3) is 6.08. The molecule has 0 radical (unpaired) electrons. The normalized spacial score (nSPS) is 10.5. The first kappa shape index (κ1) is 18.0. The number of ether oxygens (including phenoxy) is 1. The van der Waals surface area contributed by atoms with E-state index in [2.05, 4.69) is 27.8 Å². The van der Waals surface area contributed by atoms with E-state index >= 15 is 0 Å². The molecule has 3 nitrogen and oxygen atoms in total. The summed E-state index contributed by atoms with van der Waals surface area (Å²) in [5.41, 5.74) is 1.54. The fraction of sp³-hybridized carbons (Fsp3) is 0.588. The Morgan fingerprint density at radius 3 is 2.52 bits per heavy atom. The topological polar surface area (TPSA) is 29.5 Å². The molecule has 0 aromatic heterocycles. The lowest BCUT2D eigenvalue weighted by atomic mass is 10.1. The molecule has 0 N–H and O–H groups in total. The van der Waals surface area contributed by atoms with Gasteiger partial charge in [-0.15, -0.1) is 0 Å². The number of unbranched alkanes of at least 4 members (excludes halogenated alkanes) is 5. The quantitative estimate of drug-likeness (QED) is 0.459. The van der Waals surface area contributed by atoms with Crippen LogP contribution in [-0.4, -0.2) is 26.7 Å². The van der Waals surface area contributed by atoms with Gasteiger partial charge in [0.05, 0.1) is 18.4 Å². The summed E-state index contributed by atoms with van der Waals surface area (Å²) in [5.74, 6) is -0.285. The Morgan fingerprint density at radius 1 is 1.19 bits per heavy atom. The summed E-state index contributed by atoms with van der Waals surface area (Å²) >= 11 is 3.47. The zero-order valence-corrected chi connectivity index (χ0v) is 14.9. The molecule has 118 valence electrons. The maximum atomic E-state index is 11.8. The molecule has 1 aromatic carbocycles. The van der Waals surface area contributed by atoms with E-state index < -0.39 is 0 Å². The molecule has 0 atom stereocenters. The van der Waals surface area contributed by atoms with E-state index in [9.17, 15) is 4.79 Å². The lowest BCUT2D eigenvalue weighted by Gasteiger charge is -2.22. The molecule has 0 aliphatic heterocycles.